The second-order valence-corrected chi connectivity index (χ2v) is 4.70. The van der Waals surface area contributed by atoms with Gasteiger partial charge in [-0.25, -0.2) is 9.97 Å². The Morgan fingerprint density at radius 2 is 2.05 bits per heavy atom. The number of hydrogen-bond donors (Lipinski definition) is 2. The van der Waals surface area contributed by atoms with Crippen LogP contribution in [0.1, 0.15) is 12.8 Å². The molecule has 0 bridgehead atoms. The highest BCUT2D eigenvalue weighted by Crippen LogP contribution is 2.24. The van der Waals surface area contributed by atoms with Gasteiger partial charge < -0.3 is 15.4 Å². The lowest BCUT2D eigenvalue weighted by molar-refractivity contribution is 0.161. The number of nitrogens with one attached hydrogen (secondary N) is 2. The van der Waals surface area contributed by atoms with Crippen molar-refractivity contribution in [3.8, 4) is 5.88 Å². The zero-order valence-corrected chi connectivity index (χ0v) is 11.0. The highest BCUT2D eigenvalue weighted by atomic mass is 16.5. The van der Waals surface area contributed by atoms with Gasteiger partial charge in [0.2, 0.25) is 0 Å². The number of para-hydroxylation sites is 2. The molecule has 0 aliphatic carbocycles. The van der Waals surface area contributed by atoms with Crippen LogP contribution in [0.4, 0.5) is 5.82 Å². The number of nitrogens with zero attached hydrogens (tertiary/aromatic N) is 2. The summed E-state index contributed by atoms with van der Waals surface area (Å²) in [5.74, 6) is 1.29. The lowest BCUT2D eigenvalue weighted by atomic mass is 10.1. The summed E-state index contributed by atoms with van der Waals surface area (Å²) in [5, 5.41) is 6.39. The van der Waals surface area contributed by atoms with Gasteiger partial charge in [0.1, 0.15) is 6.10 Å². The predicted octanol–water partition coefficient (Wildman–Crippen LogP) is 1.80. The minimum atomic E-state index is 0.177. The van der Waals surface area contributed by atoms with Crippen LogP contribution in [0.5, 0.6) is 5.88 Å². The SMILES string of the molecule is CNc1nc2ccccc2nc1O[C@@H]1CCCNC1. The van der Waals surface area contributed by atoms with E-state index in [1.54, 1.807) is 0 Å². The molecule has 19 heavy (non-hydrogen) atoms. The molecular weight excluding hydrogens is 240 g/mol. The summed E-state index contributed by atoms with van der Waals surface area (Å²) in [6, 6.07) is 7.83. The van der Waals surface area contributed by atoms with Crippen LogP contribution in [0.2, 0.25) is 0 Å². The summed E-state index contributed by atoms with van der Waals surface area (Å²) < 4.78 is 5.99. The number of rotatable bonds is 3. The Morgan fingerprint density at radius 1 is 1.26 bits per heavy atom. The van der Waals surface area contributed by atoms with Crippen molar-refractivity contribution in [3.05, 3.63) is 24.3 Å². The maximum absolute atomic E-state index is 5.99. The van der Waals surface area contributed by atoms with Crippen molar-refractivity contribution in [1.82, 2.24) is 15.3 Å². The number of benzene rings is 1. The summed E-state index contributed by atoms with van der Waals surface area (Å²) in [4.78, 5) is 9.11. The van der Waals surface area contributed by atoms with E-state index in [4.69, 9.17) is 4.74 Å². The maximum Gasteiger partial charge on any atom is 0.258 e. The molecule has 1 aliphatic heterocycles. The van der Waals surface area contributed by atoms with Gasteiger partial charge in [-0.1, -0.05) is 12.1 Å². The topological polar surface area (TPSA) is 59.1 Å². The number of ether oxygens (including phenoxy) is 1. The van der Waals surface area contributed by atoms with Gasteiger partial charge in [0.15, 0.2) is 5.82 Å². The maximum atomic E-state index is 5.99. The Kier molecular flexibility index (Phi) is 3.46. The highest BCUT2D eigenvalue weighted by molar-refractivity contribution is 5.77. The minimum absolute atomic E-state index is 0.177. The molecule has 0 saturated carbocycles. The van der Waals surface area contributed by atoms with Crippen LogP contribution in [0.3, 0.4) is 0 Å². The number of aromatic nitrogens is 2. The molecule has 1 aliphatic rings. The van der Waals surface area contributed by atoms with Gasteiger partial charge in [-0.15, -0.1) is 0 Å². The minimum Gasteiger partial charge on any atom is -0.470 e. The lowest BCUT2D eigenvalue weighted by Crippen LogP contribution is -2.37. The average molecular weight is 258 g/mol. The van der Waals surface area contributed by atoms with Crippen molar-refractivity contribution in [2.75, 3.05) is 25.5 Å². The van der Waals surface area contributed by atoms with E-state index >= 15 is 0 Å². The fourth-order valence-electron chi connectivity index (χ4n) is 2.31. The molecule has 3 rings (SSSR count). The quantitative estimate of drug-likeness (QED) is 0.879. The third-order valence-corrected chi connectivity index (χ3v) is 3.31. The Balaban J connectivity index is 1.91. The molecule has 1 saturated heterocycles. The molecule has 0 unspecified atom stereocenters. The van der Waals surface area contributed by atoms with Crippen LogP contribution in [-0.2, 0) is 0 Å². The van der Waals surface area contributed by atoms with E-state index in [9.17, 15) is 0 Å². The van der Waals surface area contributed by atoms with Crippen molar-refractivity contribution >= 4 is 16.9 Å². The highest BCUT2D eigenvalue weighted by Gasteiger charge is 2.18. The number of anilines is 1. The molecule has 2 heterocycles. The second kappa shape index (κ2) is 5.40. The van der Waals surface area contributed by atoms with Crippen LogP contribution < -0.4 is 15.4 Å². The van der Waals surface area contributed by atoms with Gasteiger partial charge in [-0.05, 0) is 31.5 Å². The largest absolute Gasteiger partial charge is 0.470 e. The standard InChI is InChI=1S/C14H18N4O/c1-15-13-14(19-10-5-4-8-16-9-10)18-12-7-3-2-6-11(12)17-13/h2-3,6-7,10,16H,4-5,8-9H2,1H3,(H,15,17)/t10-/m1/s1. The molecule has 5 heteroatoms. The molecule has 0 amide bonds. The first kappa shape index (κ1) is 12.2. The molecule has 1 atom stereocenters. The van der Waals surface area contributed by atoms with E-state index in [0.717, 1.165) is 37.0 Å². The number of hydrogen-bond acceptors (Lipinski definition) is 5. The van der Waals surface area contributed by atoms with E-state index in [1.807, 2.05) is 31.3 Å². The normalized spacial score (nSPS) is 19.3. The van der Waals surface area contributed by atoms with Gasteiger partial charge >= 0.3 is 0 Å². The van der Waals surface area contributed by atoms with Crippen LogP contribution >= 0.6 is 0 Å². The Labute approximate surface area is 112 Å². The molecule has 5 nitrogen and oxygen atoms in total. The summed E-state index contributed by atoms with van der Waals surface area (Å²) >= 11 is 0. The van der Waals surface area contributed by atoms with Gasteiger partial charge in [-0.2, -0.15) is 0 Å². The molecule has 0 radical (unpaired) electrons. The molecule has 1 aromatic heterocycles. The first-order chi connectivity index (χ1) is 9.36. The van der Waals surface area contributed by atoms with Crippen LogP contribution in [0.15, 0.2) is 24.3 Å². The summed E-state index contributed by atoms with van der Waals surface area (Å²) in [6.07, 6.45) is 2.38. The molecule has 2 aromatic rings. The third-order valence-electron chi connectivity index (χ3n) is 3.31. The van der Waals surface area contributed by atoms with E-state index in [1.165, 1.54) is 0 Å². The zero-order chi connectivity index (χ0) is 13.1. The third kappa shape index (κ3) is 2.61. The molecule has 1 aromatic carbocycles. The fourth-order valence-corrected chi connectivity index (χ4v) is 2.31. The monoisotopic (exact) mass is 258 g/mol. The van der Waals surface area contributed by atoms with Crippen molar-refractivity contribution in [2.24, 2.45) is 0 Å². The molecule has 1 fully saturated rings. The van der Waals surface area contributed by atoms with E-state index < -0.39 is 0 Å². The van der Waals surface area contributed by atoms with E-state index in [-0.39, 0.29) is 6.10 Å². The number of piperidine rings is 1. The average Bonchev–Trinajstić information content (AvgIpc) is 2.47. The first-order valence-corrected chi connectivity index (χ1v) is 6.69. The Hall–Kier alpha value is -1.88. The second-order valence-electron chi connectivity index (χ2n) is 4.70. The van der Waals surface area contributed by atoms with E-state index in [0.29, 0.717) is 11.7 Å². The van der Waals surface area contributed by atoms with Gasteiger partial charge in [0, 0.05) is 13.6 Å². The zero-order valence-electron chi connectivity index (χ0n) is 11.0. The first-order valence-electron chi connectivity index (χ1n) is 6.69. The van der Waals surface area contributed by atoms with E-state index in [2.05, 4.69) is 20.6 Å². The predicted molar refractivity (Wildman–Crippen MR) is 75.6 cm³/mol. The Bertz CT molecular complexity index is 566. The van der Waals surface area contributed by atoms with Crippen molar-refractivity contribution in [3.63, 3.8) is 0 Å². The molecule has 0 spiro atoms. The van der Waals surface area contributed by atoms with Gasteiger partial charge in [-0.3, -0.25) is 0 Å². The van der Waals surface area contributed by atoms with Crippen LogP contribution in [0, 0.1) is 0 Å². The molecular formula is C14H18N4O. The number of fused-ring (bicyclic) bond motifs is 1. The van der Waals surface area contributed by atoms with Gasteiger partial charge in [0.25, 0.3) is 5.88 Å². The van der Waals surface area contributed by atoms with Crippen LogP contribution in [0.25, 0.3) is 11.0 Å². The molecule has 100 valence electrons. The Morgan fingerprint density at radius 3 is 2.74 bits per heavy atom. The summed E-state index contributed by atoms with van der Waals surface area (Å²) in [5.41, 5.74) is 1.74. The summed E-state index contributed by atoms with van der Waals surface area (Å²) in [6.45, 7) is 1.94. The van der Waals surface area contributed by atoms with Crippen LogP contribution in [-0.4, -0.2) is 36.2 Å². The van der Waals surface area contributed by atoms with Crippen molar-refractivity contribution in [2.45, 2.75) is 18.9 Å². The summed E-state index contributed by atoms with van der Waals surface area (Å²) in [7, 11) is 1.84. The van der Waals surface area contributed by atoms with Crippen molar-refractivity contribution in [1.29, 1.82) is 0 Å². The lowest BCUT2D eigenvalue weighted by Gasteiger charge is -2.24. The molecule has 2 N–H and O–H groups in total. The van der Waals surface area contributed by atoms with Crippen molar-refractivity contribution < 1.29 is 4.74 Å². The fraction of sp³-hybridized carbons (Fsp3) is 0.429. The van der Waals surface area contributed by atoms with Gasteiger partial charge in [0.05, 0.1) is 11.0 Å². The smallest absolute Gasteiger partial charge is 0.258 e.